The number of amides is 1. The molecule has 0 spiro atoms. The first-order chi connectivity index (χ1) is 7.20. The lowest BCUT2D eigenvalue weighted by molar-refractivity contribution is -0.118. The minimum atomic E-state index is -0.267. The van der Waals surface area contributed by atoms with Gasteiger partial charge in [0.05, 0.1) is 10.7 Å². The second-order valence-electron chi connectivity index (χ2n) is 2.83. The van der Waals surface area contributed by atoms with Gasteiger partial charge in [0, 0.05) is 10.6 Å². The minimum absolute atomic E-state index is 0.0619. The van der Waals surface area contributed by atoms with Gasteiger partial charge in [0.1, 0.15) is 0 Å². The molecule has 6 nitrogen and oxygen atoms in total. The summed E-state index contributed by atoms with van der Waals surface area (Å²) in [6.45, 7) is -0.0619. The fraction of sp³-hybridized carbons (Fsp3) is 0.125. The molecule has 1 aliphatic heterocycles. The molecule has 1 aromatic rings. The number of ether oxygens (including phenoxy) is 1. The van der Waals surface area contributed by atoms with E-state index in [0.717, 1.165) is 0 Å². The van der Waals surface area contributed by atoms with Crippen LogP contribution in [0.3, 0.4) is 0 Å². The van der Waals surface area contributed by atoms with E-state index in [1.807, 2.05) is 0 Å². The van der Waals surface area contributed by atoms with Crippen molar-refractivity contribution < 1.29 is 9.53 Å². The van der Waals surface area contributed by atoms with Gasteiger partial charge >= 0.3 is 0 Å². The lowest BCUT2D eigenvalue weighted by Gasteiger charge is -2.19. The second-order valence-corrected chi connectivity index (χ2v) is 3.24. The molecule has 0 aromatic heterocycles. The van der Waals surface area contributed by atoms with Gasteiger partial charge in [0.2, 0.25) is 0 Å². The highest BCUT2D eigenvalue weighted by molar-refractivity contribution is 6.33. The van der Waals surface area contributed by atoms with Crippen LogP contribution in [0, 0.1) is 0 Å². The molecule has 0 fully saturated rings. The summed E-state index contributed by atoms with van der Waals surface area (Å²) in [5.74, 6) is 0.129. The molecule has 1 N–H and O–H groups in total. The maximum Gasteiger partial charge on any atom is 0.262 e. The Labute approximate surface area is 89.4 Å². The summed E-state index contributed by atoms with van der Waals surface area (Å²) < 4.78 is 5.12. The largest absolute Gasteiger partial charge is 0.480 e. The Morgan fingerprint density at radius 2 is 2.40 bits per heavy atom. The summed E-state index contributed by atoms with van der Waals surface area (Å²) in [5.41, 5.74) is 9.01. The number of hydrogen-bond acceptors (Lipinski definition) is 3. The highest BCUT2D eigenvalue weighted by Gasteiger charge is 2.19. The van der Waals surface area contributed by atoms with Gasteiger partial charge in [0.25, 0.3) is 5.91 Å². The molecule has 1 aromatic carbocycles. The van der Waals surface area contributed by atoms with Gasteiger partial charge in [0.15, 0.2) is 12.4 Å². The molecule has 15 heavy (non-hydrogen) atoms. The van der Waals surface area contributed by atoms with Crippen LogP contribution in [0.4, 0.5) is 11.4 Å². The van der Waals surface area contributed by atoms with Gasteiger partial charge in [-0.2, -0.15) is 0 Å². The monoisotopic (exact) mass is 224 g/mol. The highest BCUT2D eigenvalue weighted by Crippen LogP contribution is 2.38. The molecule has 0 radical (unpaired) electrons. The van der Waals surface area contributed by atoms with Gasteiger partial charge in [-0.05, 0) is 17.7 Å². The highest BCUT2D eigenvalue weighted by atomic mass is 35.5. The molecule has 0 unspecified atom stereocenters. The summed E-state index contributed by atoms with van der Waals surface area (Å²) in [7, 11) is 0. The van der Waals surface area contributed by atoms with Crippen molar-refractivity contribution in [3.63, 3.8) is 0 Å². The summed E-state index contributed by atoms with van der Waals surface area (Å²) >= 11 is 5.87. The molecule has 0 aliphatic carbocycles. The van der Waals surface area contributed by atoms with E-state index in [1.165, 1.54) is 12.1 Å². The fourth-order valence-electron chi connectivity index (χ4n) is 1.25. The molecule has 1 amide bonds. The molecule has 0 atom stereocenters. The van der Waals surface area contributed by atoms with Gasteiger partial charge in [-0.1, -0.05) is 16.7 Å². The van der Waals surface area contributed by atoms with E-state index in [1.54, 1.807) is 0 Å². The number of nitrogens with zero attached hydrogens (tertiary/aromatic N) is 3. The number of carbonyl (C=O) groups excluding carboxylic acids is 1. The Morgan fingerprint density at radius 3 is 3.13 bits per heavy atom. The summed E-state index contributed by atoms with van der Waals surface area (Å²) in [5, 5.41) is 6.26. The first-order valence-electron chi connectivity index (χ1n) is 4.02. The fourth-order valence-corrected chi connectivity index (χ4v) is 1.52. The standard InChI is InChI=1S/C8H5ClN4O2/c9-5-1-4(12-13-10)2-6-8(5)15-3-7(14)11-6/h1-2H,3H2,(H,11,14). The molecule has 1 aliphatic rings. The predicted octanol–water partition coefficient (Wildman–Crippen LogP) is 2.61. The van der Waals surface area contributed by atoms with Crippen LogP contribution in [0.2, 0.25) is 5.02 Å². The average molecular weight is 225 g/mol. The third-order valence-electron chi connectivity index (χ3n) is 1.81. The first-order valence-corrected chi connectivity index (χ1v) is 4.40. The summed E-state index contributed by atoms with van der Waals surface area (Å²) in [6.07, 6.45) is 0. The quantitative estimate of drug-likeness (QED) is 0.451. The Kier molecular flexibility index (Phi) is 2.37. The molecular formula is C8H5ClN4O2. The molecule has 0 saturated heterocycles. The molecule has 1 heterocycles. The summed E-state index contributed by atoms with van der Waals surface area (Å²) in [4.78, 5) is 13.7. The van der Waals surface area contributed by atoms with Crippen molar-refractivity contribution >= 4 is 28.9 Å². The van der Waals surface area contributed by atoms with Crippen LogP contribution in [-0.2, 0) is 4.79 Å². The zero-order valence-electron chi connectivity index (χ0n) is 7.40. The number of azide groups is 1. The van der Waals surface area contributed by atoms with Gasteiger partial charge < -0.3 is 10.1 Å². The molecule has 76 valence electrons. The Bertz CT molecular complexity index is 482. The van der Waals surface area contributed by atoms with Crippen molar-refractivity contribution in [1.29, 1.82) is 0 Å². The van der Waals surface area contributed by atoms with Crippen molar-refractivity contribution in [3.8, 4) is 5.75 Å². The smallest absolute Gasteiger partial charge is 0.262 e. The van der Waals surface area contributed by atoms with Gasteiger partial charge in [-0.3, -0.25) is 4.79 Å². The van der Waals surface area contributed by atoms with E-state index in [9.17, 15) is 4.79 Å². The van der Waals surface area contributed by atoms with Crippen molar-refractivity contribution in [1.82, 2.24) is 0 Å². The number of halogens is 1. The lowest BCUT2D eigenvalue weighted by atomic mass is 10.2. The van der Waals surface area contributed by atoms with Crippen LogP contribution in [0.1, 0.15) is 0 Å². The molecular weight excluding hydrogens is 220 g/mol. The Morgan fingerprint density at radius 1 is 1.60 bits per heavy atom. The van der Waals surface area contributed by atoms with E-state index in [-0.39, 0.29) is 12.5 Å². The number of anilines is 1. The van der Waals surface area contributed by atoms with E-state index in [4.69, 9.17) is 21.9 Å². The van der Waals surface area contributed by atoms with E-state index in [0.29, 0.717) is 22.1 Å². The molecule has 0 bridgehead atoms. The van der Waals surface area contributed by atoms with Crippen LogP contribution < -0.4 is 10.1 Å². The number of carbonyl (C=O) groups is 1. The number of rotatable bonds is 1. The van der Waals surface area contributed by atoms with Crippen LogP contribution in [0.5, 0.6) is 5.75 Å². The van der Waals surface area contributed by atoms with Crippen LogP contribution in [0.15, 0.2) is 17.2 Å². The minimum Gasteiger partial charge on any atom is -0.480 e. The predicted molar refractivity (Wildman–Crippen MR) is 54.4 cm³/mol. The number of nitrogens with one attached hydrogen (secondary N) is 1. The summed E-state index contributed by atoms with van der Waals surface area (Å²) in [6, 6.07) is 2.97. The molecule has 2 rings (SSSR count). The van der Waals surface area contributed by atoms with Crippen molar-refractivity contribution in [2.75, 3.05) is 11.9 Å². The van der Waals surface area contributed by atoms with Crippen molar-refractivity contribution in [2.45, 2.75) is 0 Å². The van der Waals surface area contributed by atoms with E-state index >= 15 is 0 Å². The van der Waals surface area contributed by atoms with Crippen LogP contribution in [-0.4, -0.2) is 12.5 Å². The third-order valence-corrected chi connectivity index (χ3v) is 2.09. The zero-order valence-corrected chi connectivity index (χ0v) is 8.15. The molecule has 7 heteroatoms. The average Bonchev–Trinajstić information content (AvgIpc) is 2.17. The topological polar surface area (TPSA) is 87.1 Å². The third kappa shape index (κ3) is 1.81. The van der Waals surface area contributed by atoms with Crippen LogP contribution in [0.25, 0.3) is 10.4 Å². The SMILES string of the molecule is [N-]=[N+]=Nc1cc(Cl)c2c(c1)NC(=O)CO2. The maximum atomic E-state index is 11.0. The number of fused-ring (bicyclic) bond motifs is 1. The maximum absolute atomic E-state index is 11.0. The second kappa shape index (κ2) is 3.68. The first kappa shape index (κ1) is 9.64. The number of benzene rings is 1. The Balaban J connectivity index is 2.52. The van der Waals surface area contributed by atoms with Crippen molar-refractivity contribution in [2.24, 2.45) is 5.11 Å². The van der Waals surface area contributed by atoms with Gasteiger partial charge in [-0.15, -0.1) is 0 Å². The van der Waals surface area contributed by atoms with E-state index < -0.39 is 0 Å². The molecule has 0 saturated carbocycles. The van der Waals surface area contributed by atoms with Crippen LogP contribution >= 0.6 is 11.6 Å². The lowest BCUT2D eigenvalue weighted by Crippen LogP contribution is -2.25. The van der Waals surface area contributed by atoms with Crippen molar-refractivity contribution in [3.05, 3.63) is 27.6 Å². The zero-order chi connectivity index (χ0) is 10.8. The normalized spacial score (nSPS) is 13.3. The number of hydrogen-bond donors (Lipinski definition) is 1. The van der Waals surface area contributed by atoms with Gasteiger partial charge in [-0.25, -0.2) is 0 Å². The van der Waals surface area contributed by atoms with E-state index in [2.05, 4.69) is 15.3 Å². The Hall–Kier alpha value is -1.91.